The summed E-state index contributed by atoms with van der Waals surface area (Å²) in [5.74, 6) is 0.756. The van der Waals surface area contributed by atoms with Crippen LogP contribution < -0.4 is 9.47 Å². The maximum Gasteiger partial charge on any atom is 0.349 e. The molecule has 0 radical (unpaired) electrons. The summed E-state index contributed by atoms with van der Waals surface area (Å²) < 4.78 is 16.2. The van der Waals surface area contributed by atoms with Crippen molar-refractivity contribution in [3.05, 3.63) is 71.3 Å². The van der Waals surface area contributed by atoms with Gasteiger partial charge in [-0.15, -0.1) is 0 Å². The van der Waals surface area contributed by atoms with Gasteiger partial charge in [0.1, 0.15) is 24.9 Å². The van der Waals surface area contributed by atoms with Crippen LogP contribution in [0.4, 0.5) is 0 Å². The Balaban J connectivity index is 2.00. The first kappa shape index (κ1) is 18.3. The van der Waals surface area contributed by atoms with E-state index in [2.05, 4.69) is 0 Å². The minimum atomic E-state index is -0.634. The van der Waals surface area contributed by atoms with E-state index in [0.29, 0.717) is 30.3 Å². The third-order valence-electron chi connectivity index (χ3n) is 3.95. The van der Waals surface area contributed by atoms with Crippen molar-refractivity contribution in [3.63, 3.8) is 0 Å². The number of nitriles is 1. The van der Waals surface area contributed by atoms with Crippen molar-refractivity contribution < 1.29 is 19.0 Å². The van der Waals surface area contributed by atoms with Gasteiger partial charge in [-0.3, -0.25) is 0 Å². The highest BCUT2D eigenvalue weighted by molar-refractivity contribution is 6.04. The van der Waals surface area contributed by atoms with Gasteiger partial charge in [0.2, 0.25) is 0 Å². The molecule has 136 valence electrons. The van der Waals surface area contributed by atoms with E-state index in [1.165, 1.54) is 0 Å². The van der Waals surface area contributed by atoms with Gasteiger partial charge < -0.3 is 14.2 Å². The van der Waals surface area contributed by atoms with Crippen molar-refractivity contribution in [1.29, 1.82) is 5.26 Å². The Morgan fingerprint density at radius 1 is 1.15 bits per heavy atom. The Bertz CT molecular complexity index is 923. The molecule has 0 aromatic heterocycles. The second-order valence-electron chi connectivity index (χ2n) is 5.72. The second kappa shape index (κ2) is 8.72. The molecule has 0 N–H and O–H groups in total. The van der Waals surface area contributed by atoms with E-state index >= 15 is 0 Å². The molecule has 0 amide bonds. The van der Waals surface area contributed by atoms with Crippen molar-refractivity contribution in [2.24, 2.45) is 0 Å². The standard InChI is InChI=1S/C22H19NO4/c1-2-25-22(24)19(15-23)18(17-6-4-3-5-7-17)10-8-16-9-11-20-21(14-16)27-13-12-26-20/h3-11,14H,2,12-13H2,1H3/b10-8+,19-18+. The van der Waals surface area contributed by atoms with E-state index < -0.39 is 5.97 Å². The number of nitrogens with zero attached hydrogens (tertiary/aromatic N) is 1. The van der Waals surface area contributed by atoms with Crippen molar-refractivity contribution in [3.8, 4) is 17.6 Å². The van der Waals surface area contributed by atoms with Crippen LogP contribution in [0.1, 0.15) is 18.1 Å². The first-order valence-corrected chi connectivity index (χ1v) is 8.67. The van der Waals surface area contributed by atoms with Gasteiger partial charge in [0.25, 0.3) is 0 Å². The number of hydrogen-bond donors (Lipinski definition) is 0. The van der Waals surface area contributed by atoms with Crippen LogP contribution in [-0.4, -0.2) is 25.8 Å². The van der Waals surface area contributed by atoms with E-state index in [0.717, 1.165) is 11.1 Å². The van der Waals surface area contributed by atoms with Gasteiger partial charge in [-0.05, 0) is 30.2 Å². The molecule has 27 heavy (non-hydrogen) atoms. The molecule has 0 atom stereocenters. The number of rotatable bonds is 5. The van der Waals surface area contributed by atoms with Gasteiger partial charge in [0, 0.05) is 5.57 Å². The number of fused-ring (bicyclic) bond motifs is 1. The average molecular weight is 361 g/mol. The number of benzene rings is 2. The largest absolute Gasteiger partial charge is 0.486 e. The lowest BCUT2D eigenvalue weighted by Gasteiger charge is -2.18. The van der Waals surface area contributed by atoms with Crippen LogP contribution in [-0.2, 0) is 9.53 Å². The summed E-state index contributed by atoms with van der Waals surface area (Å²) >= 11 is 0. The first-order valence-electron chi connectivity index (χ1n) is 8.67. The van der Waals surface area contributed by atoms with E-state index in [4.69, 9.17) is 14.2 Å². The zero-order valence-electron chi connectivity index (χ0n) is 15.0. The van der Waals surface area contributed by atoms with Crippen molar-refractivity contribution in [2.75, 3.05) is 19.8 Å². The smallest absolute Gasteiger partial charge is 0.349 e. The molecule has 0 spiro atoms. The fourth-order valence-corrected chi connectivity index (χ4v) is 2.70. The molecule has 1 heterocycles. The average Bonchev–Trinajstić information content (AvgIpc) is 2.71. The SMILES string of the molecule is CCOC(=O)/C(C#N)=C(\C=C\c1ccc2c(c1)OCCO2)c1ccccc1. The van der Waals surface area contributed by atoms with Gasteiger partial charge in [-0.2, -0.15) is 5.26 Å². The monoisotopic (exact) mass is 361 g/mol. The van der Waals surface area contributed by atoms with Gasteiger partial charge in [-0.1, -0.05) is 48.6 Å². The van der Waals surface area contributed by atoms with E-state index in [1.807, 2.05) is 60.7 Å². The molecule has 0 saturated heterocycles. The van der Waals surface area contributed by atoms with Crippen LogP contribution in [0.2, 0.25) is 0 Å². The van der Waals surface area contributed by atoms with Crippen molar-refractivity contribution in [2.45, 2.75) is 6.92 Å². The molecule has 2 aromatic carbocycles. The molecule has 1 aliphatic rings. The summed E-state index contributed by atoms with van der Waals surface area (Å²) in [7, 11) is 0. The predicted octanol–water partition coefficient (Wildman–Crippen LogP) is 4.01. The third kappa shape index (κ3) is 4.36. The number of carbonyl (C=O) groups is 1. The molecule has 0 saturated carbocycles. The van der Waals surface area contributed by atoms with Crippen molar-refractivity contribution in [1.82, 2.24) is 0 Å². The van der Waals surface area contributed by atoms with Crippen LogP contribution in [0.15, 0.2) is 60.2 Å². The highest BCUT2D eigenvalue weighted by Gasteiger charge is 2.16. The molecule has 2 aromatic rings. The molecule has 0 fully saturated rings. The summed E-state index contributed by atoms with van der Waals surface area (Å²) in [5.41, 5.74) is 2.10. The second-order valence-corrected chi connectivity index (χ2v) is 5.72. The molecule has 3 rings (SSSR count). The third-order valence-corrected chi connectivity index (χ3v) is 3.95. The molecule has 0 aliphatic carbocycles. The Kier molecular flexibility index (Phi) is 5.91. The minimum absolute atomic E-state index is 0.0307. The number of carbonyl (C=O) groups excluding carboxylic acids is 1. The predicted molar refractivity (Wildman–Crippen MR) is 102 cm³/mol. The summed E-state index contributed by atoms with van der Waals surface area (Å²) in [6, 6.07) is 16.9. The summed E-state index contributed by atoms with van der Waals surface area (Å²) in [4.78, 5) is 12.2. The molecule has 0 bridgehead atoms. The van der Waals surface area contributed by atoms with Crippen LogP contribution >= 0.6 is 0 Å². The molecule has 5 heteroatoms. The topological polar surface area (TPSA) is 68.6 Å². The lowest BCUT2D eigenvalue weighted by molar-refractivity contribution is -0.137. The lowest BCUT2D eigenvalue weighted by Crippen LogP contribution is -2.15. The number of ether oxygens (including phenoxy) is 3. The maximum absolute atomic E-state index is 12.2. The lowest BCUT2D eigenvalue weighted by atomic mass is 9.99. The summed E-state index contributed by atoms with van der Waals surface area (Å²) in [6.07, 6.45) is 3.58. The molecule has 5 nitrogen and oxygen atoms in total. The highest BCUT2D eigenvalue weighted by atomic mass is 16.6. The minimum Gasteiger partial charge on any atom is -0.486 e. The molecule has 1 aliphatic heterocycles. The van der Waals surface area contributed by atoms with E-state index in [1.54, 1.807) is 13.0 Å². The van der Waals surface area contributed by atoms with Gasteiger partial charge in [0.15, 0.2) is 11.5 Å². The Labute approximate surface area is 158 Å². The fraction of sp³-hybridized carbons (Fsp3) is 0.182. The van der Waals surface area contributed by atoms with Crippen LogP contribution in [0.3, 0.4) is 0 Å². The van der Waals surface area contributed by atoms with Gasteiger partial charge >= 0.3 is 5.97 Å². The first-order chi connectivity index (χ1) is 13.2. The zero-order valence-corrected chi connectivity index (χ0v) is 15.0. The maximum atomic E-state index is 12.2. The van der Waals surface area contributed by atoms with Gasteiger partial charge in [-0.25, -0.2) is 4.79 Å². The van der Waals surface area contributed by atoms with Crippen LogP contribution in [0.5, 0.6) is 11.5 Å². The Hall–Kier alpha value is -3.52. The number of allylic oxidation sites excluding steroid dienone is 2. The van der Waals surface area contributed by atoms with E-state index in [-0.39, 0.29) is 12.2 Å². The molecule has 0 unspecified atom stereocenters. The summed E-state index contributed by atoms with van der Waals surface area (Å²) in [5, 5.41) is 9.53. The quantitative estimate of drug-likeness (QED) is 0.348. The number of hydrogen-bond acceptors (Lipinski definition) is 5. The highest BCUT2D eigenvalue weighted by Crippen LogP contribution is 2.31. The summed E-state index contributed by atoms with van der Waals surface area (Å²) in [6.45, 7) is 2.96. The Morgan fingerprint density at radius 2 is 1.89 bits per heavy atom. The van der Waals surface area contributed by atoms with Gasteiger partial charge in [0.05, 0.1) is 6.61 Å². The normalized spacial score (nSPS) is 13.6. The Morgan fingerprint density at radius 3 is 2.59 bits per heavy atom. The van der Waals surface area contributed by atoms with E-state index in [9.17, 15) is 10.1 Å². The molecular weight excluding hydrogens is 342 g/mol. The van der Waals surface area contributed by atoms with Crippen LogP contribution in [0, 0.1) is 11.3 Å². The van der Waals surface area contributed by atoms with Crippen LogP contribution in [0.25, 0.3) is 11.6 Å². The number of esters is 1. The fourth-order valence-electron chi connectivity index (χ4n) is 2.70. The molecular formula is C22H19NO4. The zero-order chi connectivity index (χ0) is 19.1. The van der Waals surface area contributed by atoms with Crippen molar-refractivity contribution >= 4 is 17.6 Å².